The molecular weight excluding hydrogens is 242 g/mol. The van der Waals surface area contributed by atoms with Crippen molar-refractivity contribution in [2.24, 2.45) is 0 Å². The predicted octanol–water partition coefficient (Wildman–Crippen LogP) is 3.36. The Kier molecular flexibility index (Phi) is 7.40. The molecule has 0 aromatic heterocycles. The van der Waals surface area contributed by atoms with Gasteiger partial charge in [0.25, 0.3) is 0 Å². The third-order valence-electron chi connectivity index (χ3n) is 2.93. The van der Waals surface area contributed by atoms with Crippen molar-refractivity contribution in [3.8, 4) is 0 Å². The smallest absolute Gasteiger partial charge is 0.0441 e. The Morgan fingerprint density at radius 1 is 1.39 bits per heavy atom. The van der Waals surface area contributed by atoms with Crippen molar-refractivity contribution < 1.29 is 5.11 Å². The van der Waals surface area contributed by atoms with Crippen molar-refractivity contribution in [2.75, 3.05) is 13.2 Å². The van der Waals surface area contributed by atoms with Gasteiger partial charge in [0.05, 0.1) is 0 Å². The summed E-state index contributed by atoms with van der Waals surface area (Å²) in [7, 11) is 0. The van der Waals surface area contributed by atoms with Gasteiger partial charge in [0, 0.05) is 23.3 Å². The van der Waals surface area contributed by atoms with E-state index in [0.29, 0.717) is 5.25 Å². The molecule has 0 aliphatic heterocycles. The van der Waals surface area contributed by atoms with E-state index in [1.807, 2.05) is 11.8 Å². The molecule has 2 N–H and O–H groups in total. The van der Waals surface area contributed by atoms with E-state index < -0.39 is 0 Å². The lowest BCUT2D eigenvalue weighted by Gasteiger charge is -2.12. The molecule has 0 spiro atoms. The van der Waals surface area contributed by atoms with E-state index in [9.17, 15) is 0 Å². The van der Waals surface area contributed by atoms with Gasteiger partial charge in [-0.25, -0.2) is 0 Å². The Morgan fingerprint density at radius 2 is 2.17 bits per heavy atom. The van der Waals surface area contributed by atoms with Crippen molar-refractivity contribution in [3.05, 3.63) is 29.3 Å². The molecule has 18 heavy (non-hydrogen) atoms. The molecule has 0 radical (unpaired) electrons. The van der Waals surface area contributed by atoms with Crippen LogP contribution < -0.4 is 5.32 Å². The summed E-state index contributed by atoms with van der Waals surface area (Å²) < 4.78 is 0. The second-order valence-corrected chi connectivity index (χ2v) is 6.22. The van der Waals surface area contributed by atoms with Crippen LogP contribution in [-0.2, 0) is 6.54 Å². The quantitative estimate of drug-likeness (QED) is 0.559. The molecule has 3 heteroatoms. The maximum atomic E-state index is 8.91. The standard InChI is InChI=1S/C15H25NOS/c1-4-8-16-11-14-5-6-15(10-12(14)2)18-13(3)7-9-17/h5-6,10,13,16-17H,4,7-9,11H2,1-3H3. The van der Waals surface area contributed by atoms with Crippen LogP contribution in [0.25, 0.3) is 0 Å². The van der Waals surface area contributed by atoms with Gasteiger partial charge in [-0.1, -0.05) is 19.9 Å². The molecular formula is C15H25NOS. The minimum atomic E-state index is 0.270. The fourth-order valence-electron chi connectivity index (χ4n) is 1.81. The number of thioether (sulfide) groups is 1. The number of benzene rings is 1. The number of rotatable bonds is 8. The van der Waals surface area contributed by atoms with E-state index in [4.69, 9.17) is 5.11 Å². The van der Waals surface area contributed by atoms with Gasteiger partial charge in [-0.05, 0) is 49.6 Å². The summed E-state index contributed by atoms with van der Waals surface area (Å²) in [4.78, 5) is 1.30. The molecule has 0 aliphatic carbocycles. The summed E-state index contributed by atoms with van der Waals surface area (Å²) in [5, 5.41) is 12.8. The van der Waals surface area contributed by atoms with Gasteiger partial charge in [-0.15, -0.1) is 11.8 Å². The molecule has 0 saturated carbocycles. The molecule has 2 nitrogen and oxygen atoms in total. The van der Waals surface area contributed by atoms with Crippen LogP contribution in [0.5, 0.6) is 0 Å². The zero-order valence-electron chi connectivity index (χ0n) is 11.7. The van der Waals surface area contributed by atoms with Crippen molar-refractivity contribution in [1.82, 2.24) is 5.32 Å². The number of aryl methyl sites for hydroxylation is 1. The first-order valence-electron chi connectivity index (χ1n) is 6.75. The first-order valence-corrected chi connectivity index (χ1v) is 7.63. The Balaban J connectivity index is 2.55. The molecule has 1 atom stereocenters. The highest BCUT2D eigenvalue weighted by atomic mass is 32.2. The van der Waals surface area contributed by atoms with Crippen molar-refractivity contribution in [3.63, 3.8) is 0 Å². The third kappa shape index (κ3) is 5.42. The molecule has 0 aliphatic rings. The van der Waals surface area contributed by atoms with E-state index in [-0.39, 0.29) is 6.61 Å². The highest BCUT2D eigenvalue weighted by molar-refractivity contribution is 7.99. The van der Waals surface area contributed by atoms with Gasteiger partial charge in [0.2, 0.25) is 0 Å². The van der Waals surface area contributed by atoms with Crippen molar-refractivity contribution in [2.45, 2.75) is 50.3 Å². The molecule has 102 valence electrons. The molecule has 0 bridgehead atoms. The fourth-order valence-corrected chi connectivity index (χ4v) is 2.89. The van der Waals surface area contributed by atoms with Crippen molar-refractivity contribution >= 4 is 11.8 Å². The third-order valence-corrected chi connectivity index (χ3v) is 4.09. The summed E-state index contributed by atoms with van der Waals surface area (Å²) in [6.07, 6.45) is 2.02. The zero-order chi connectivity index (χ0) is 13.4. The summed E-state index contributed by atoms with van der Waals surface area (Å²) >= 11 is 1.84. The highest BCUT2D eigenvalue weighted by Crippen LogP contribution is 2.26. The molecule has 1 aromatic rings. The van der Waals surface area contributed by atoms with Crippen LogP contribution >= 0.6 is 11.8 Å². The second kappa shape index (κ2) is 8.57. The normalized spacial score (nSPS) is 12.7. The molecule has 1 aromatic carbocycles. The fraction of sp³-hybridized carbons (Fsp3) is 0.600. The van der Waals surface area contributed by atoms with Crippen LogP contribution in [0.3, 0.4) is 0 Å². The minimum absolute atomic E-state index is 0.270. The minimum Gasteiger partial charge on any atom is -0.396 e. The van der Waals surface area contributed by atoms with E-state index in [1.165, 1.54) is 22.4 Å². The Hall–Kier alpha value is -0.510. The lowest BCUT2D eigenvalue weighted by molar-refractivity contribution is 0.289. The van der Waals surface area contributed by atoms with E-state index >= 15 is 0 Å². The van der Waals surface area contributed by atoms with E-state index in [1.54, 1.807) is 0 Å². The van der Waals surface area contributed by atoms with Gasteiger partial charge >= 0.3 is 0 Å². The number of hydrogen-bond donors (Lipinski definition) is 2. The molecule has 1 rings (SSSR count). The zero-order valence-corrected chi connectivity index (χ0v) is 12.5. The molecule has 0 heterocycles. The van der Waals surface area contributed by atoms with E-state index in [0.717, 1.165) is 19.5 Å². The molecule has 0 amide bonds. The van der Waals surface area contributed by atoms with E-state index in [2.05, 4.69) is 44.3 Å². The summed E-state index contributed by atoms with van der Waals surface area (Å²) in [6, 6.07) is 6.65. The van der Waals surface area contributed by atoms with Gasteiger partial charge in [-0.2, -0.15) is 0 Å². The first kappa shape index (κ1) is 15.5. The molecule has 0 saturated heterocycles. The van der Waals surface area contributed by atoms with Crippen LogP contribution in [0, 0.1) is 6.92 Å². The average molecular weight is 267 g/mol. The number of hydrogen-bond acceptors (Lipinski definition) is 3. The lowest BCUT2D eigenvalue weighted by atomic mass is 10.1. The maximum absolute atomic E-state index is 8.91. The molecule has 1 unspecified atom stereocenters. The Labute approximate surface area is 115 Å². The maximum Gasteiger partial charge on any atom is 0.0441 e. The van der Waals surface area contributed by atoms with Crippen LogP contribution in [0.4, 0.5) is 0 Å². The number of nitrogens with one attached hydrogen (secondary N) is 1. The largest absolute Gasteiger partial charge is 0.396 e. The predicted molar refractivity (Wildman–Crippen MR) is 80.2 cm³/mol. The van der Waals surface area contributed by atoms with Crippen molar-refractivity contribution in [1.29, 1.82) is 0 Å². The highest BCUT2D eigenvalue weighted by Gasteiger charge is 2.05. The average Bonchev–Trinajstić information content (AvgIpc) is 2.32. The summed E-state index contributed by atoms with van der Waals surface area (Å²) in [5.74, 6) is 0. The lowest BCUT2D eigenvalue weighted by Crippen LogP contribution is -2.14. The van der Waals surface area contributed by atoms with Gasteiger partial charge in [0.15, 0.2) is 0 Å². The summed E-state index contributed by atoms with van der Waals surface area (Å²) in [5.41, 5.74) is 2.72. The Morgan fingerprint density at radius 3 is 2.78 bits per heavy atom. The van der Waals surface area contributed by atoms with Gasteiger partial charge in [0.1, 0.15) is 0 Å². The second-order valence-electron chi connectivity index (χ2n) is 4.71. The van der Waals surface area contributed by atoms with Crippen LogP contribution in [0.15, 0.2) is 23.1 Å². The Bertz CT molecular complexity index is 354. The van der Waals surface area contributed by atoms with Crippen LogP contribution in [-0.4, -0.2) is 23.5 Å². The van der Waals surface area contributed by atoms with Gasteiger partial charge in [-0.3, -0.25) is 0 Å². The van der Waals surface area contributed by atoms with Crippen LogP contribution in [0.1, 0.15) is 37.8 Å². The number of aliphatic hydroxyl groups is 1. The monoisotopic (exact) mass is 267 g/mol. The molecule has 0 fully saturated rings. The van der Waals surface area contributed by atoms with Crippen LogP contribution in [0.2, 0.25) is 0 Å². The SMILES string of the molecule is CCCNCc1ccc(SC(C)CCO)cc1C. The topological polar surface area (TPSA) is 32.3 Å². The first-order chi connectivity index (χ1) is 8.67. The number of aliphatic hydroxyl groups excluding tert-OH is 1. The van der Waals surface area contributed by atoms with Gasteiger partial charge < -0.3 is 10.4 Å². The summed E-state index contributed by atoms with van der Waals surface area (Å²) in [6.45, 7) is 8.81.